The van der Waals surface area contributed by atoms with Gasteiger partial charge in [-0.3, -0.25) is 4.98 Å². The van der Waals surface area contributed by atoms with Crippen LogP contribution in [0.25, 0.3) is 17.0 Å². The topological polar surface area (TPSA) is 61.5 Å². The minimum absolute atomic E-state index is 0.0227. The van der Waals surface area contributed by atoms with Crippen molar-refractivity contribution in [3.63, 3.8) is 0 Å². The summed E-state index contributed by atoms with van der Waals surface area (Å²) >= 11 is 0. The number of benzene rings is 2. The van der Waals surface area contributed by atoms with Crippen LogP contribution in [0.5, 0.6) is 17.4 Å². The highest BCUT2D eigenvalue weighted by molar-refractivity contribution is 5.61. The van der Waals surface area contributed by atoms with Crippen LogP contribution in [0.4, 0.5) is 22.0 Å². The molecule has 0 atom stereocenters. The fraction of sp³-hybridized carbons (Fsp3) is 0.105. The maximum atomic E-state index is 12.7. The molecule has 0 N–H and O–H groups in total. The molecule has 0 aliphatic heterocycles. The van der Waals surface area contributed by atoms with Gasteiger partial charge in [0.05, 0.1) is 18.0 Å². The normalized spacial score (nSPS) is 11.8. The van der Waals surface area contributed by atoms with Gasteiger partial charge in [0.1, 0.15) is 11.5 Å². The Morgan fingerprint density at radius 3 is 2.13 bits per heavy atom. The first kappa shape index (κ1) is 19.6. The van der Waals surface area contributed by atoms with E-state index in [4.69, 9.17) is 4.74 Å². The second-order valence-corrected chi connectivity index (χ2v) is 5.99. The van der Waals surface area contributed by atoms with E-state index in [1.54, 1.807) is 0 Å². The highest BCUT2D eigenvalue weighted by Gasteiger charge is 2.30. The van der Waals surface area contributed by atoms with Crippen molar-refractivity contribution in [3.8, 4) is 28.8 Å². The van der Waals surface area contributed by atoms with Crippen LogP contribution in [0.2, 0.25) is 0 Å². The fourth-order valence-corrected chi connectivity index (χ4v) is 2.70. The highest BCUT2D eigenvalue weighted by atomic mass is 19.4. The zero-order chi connectivity index (χ0) is 21.3. The number of rotatable bonds is 5. The molecule has 6 nitrogen and oxygen atoms in total. The third-order valence-corrected chi connectivity index (χ3v) is 4.03. The van der Waals surface area contributed by atoms with Crippen LogP contribution >= 0.6 is 0 Å². The summed E-state index contributed by atoms with van der Waals surface area (Å²) in [6, 6.07) is 9.88. The number of fused-ring (bicyclic) bond motifs is 1. The Labute approximate surface area is 165 Å². The maximum Gasteiger partial charge on any atom is 0.416 e. The molecule has 0 radical (unpaired) electrons. The smallest absolute Gasteiger partial charge is 0.416 e. The molecular formula is C19H11F5N4O2. The van der Waals surface area contributed by atoms with Crippen LogP contribution in [-0.2, 0) is 6.18 Å². The van der Waals surface area contributed by atoms with Crippen molar-refractivity contribution in [1.29, 1.82) is 0 Å². The lowest BCUT2D eigenvalue weighted by atomic mass is 10.2. The van der Waals surface area contributed by atoms with Crippen molar-refractivity contribution in [3.05, 3.63) is 66.5 Å². The average Bonchev–Trinajstić information content (AvgIpc) is 3.13. The lowest BCUT2D eigenvalue weighted by Crippen LogP contribution is -2.04. The average molecular weight is 422 g/mol. The summed E-state index contributed by atoms with van der Waals surface area (Å²) in [7, 11) is 0. The first-order valence-corrected chi connectivity index (χ1v) is 8.41. The van der Waals surface area contributed by atoms with Gasteiger partial charge in [0.25, 0.3) is 0 Å². The second-order valence-electron chi connectivity index (χ2n) is 5.99. The highest BCUT2D eigenvalue weighted by Crippen LogP contribution is 2.32. The molecule has 4 aromatic rings. The molecule has 2 aromatic heterocycles. The summed E-state index contributed by atoms with van der Waals surface area (Å²) in [6.07, 6.45) is -1.68. The number of hydrogen-bond donors (Lipinski definition) is 0. The van der Waals surface area contributed by atoms with E-state index in [0.717, 1.165) is 12.1 Å². The molecule has 0 amide bonds. The molecule has 0 bridgehead atoms. The van der Waals surface area contributed by atoms with E-state index >= 15 is 0 Å². The van der Waals surface area contributed by atoms with Crippen LogP contribution in [0.3, 0.4) is 0 Å². The lowest BCUT2D eigenvalue weighted by molar-refractivity contribution is -0.137. The molecule has 0 aliphatic carbocycles. The molecule has 30 heavy (non-hydrogen) atoms. The minimum Gasteiger partial charge on any atom is -0.439 e. The van der Waals surface area contributed by atoms with Gasteiger partial charge in [0.15, 0.2) is 11.5 Å². The molecule has 0 unspecified atom stereocenters. The van der Waals surface area contributed by atoms with Crippen molar-refractivity contribution in [1.82, 2.24) is 19.6 Å². The minimum atomic E-state index is -4.46. The molecule has 11 heteroatoms. The van der Waals surface area contributed by atoms with Crippen LogP contribution in [0, 0.1) is 0 Å². The zero-order valence-corrected chi connectivity index (χ0v) is 14.8. The van der Waals surface area contributed by atoms with Crippen molar-refractivity contribution >= 4 is 5.65 Å². The summed E-state index contributed by atoms with van der Waals surface area (Å²) in [4.78, 5) is 3.99. The van der Waals surface area contributed by atoms with E-state index in [2.05, 4.69) is 19.9 Å². The van der Waals surface area contributed by atoms with Gasteiger partial charge >= 0.3 is 12.8 Å². The van der Waals surface area contributed by atoms with Crippen molar-refractivity contribution < 1.29 is 31.4 Å². The molecule has 154 valence electrons. The van der Waals surface area contributed by atoms with Gasteiger partial charge in [-0.1, -0.05) is 0 Å². The molecule has 0 saturated heterocycles. The van der Waals surface area contributed by atoms with Gasteiger partial charge in [-0.2, -0.15) is 22.0 Å². The molecule has 2 heterocycles. The lowest BCUT2D eigenvalue weighted by Gasteiger charge is -2.11. The standard InChI is InChI=1S/C19H11F5N4O2/c20-18(21)30-14-5-1-11(2-6-14)17-27-26-15-9-25-10-16(28(15)17)29-13-7-3-12(4-8-13)19(22,23)24/h1-10,18H. The van der Waals surface area contributed by atoms with E-state index in [9.17, 15) is 22.0 Å². The Morgan fingerprint density at radius 1 is 0.833 bits per heavy atom. The Hall–Kier alpha value is -3.76. The molecule has 0 aliphatic rings. The zero-order valence-electron chi connectivity index (χ0n) is 14.8. The summed E-state index contributed by atoms with van der Waals surface area (Å²) < 4.78 is 74.3. The second kappa shape index (κ2) is 7.58. The first-order valence-electron chi connectivity index (χ1n) is 8.41. The van der Waals surface area contributed by atoms with E-state index in [1.165, 1.54) is 53.2 Å². The van der Waals surface area contributed by atoms with Gasteiger partial charge in [-0.05, 0) is 48.5 Å². The van der Waals surface area contributed by atoms with Gasteiger partial charge < -0.3 is 9.47 Å². The number of aromatic nitrogens is 4. The van der Waals surface area contributed by atoms with Gasteiger partial charge in [-0.15, -0.1) is 10.2 Å². The van der Waals surface area contributed by atoms with E-state index in [0.29, 0.717) is 17.0 Å². The first-order chi connectivity index (χ1) is 14.3. The Kier molecular flexibility index (Phi) is 4.94. The Morgan fingerprint density at radius 2 is 1.50 bits per heavy atom. The molecule has 0 spiro atoms. The number of hydrogen-bond acceptors (Lipinski definition) is 5. The van der Waals surface area contributed by atoms with E-state index in [1.807, 2.05) is 0 Å². The third kappa shape index (κ3) is 4.00. The predicted octanol–water partition coefficient (Wildman–Crippen LogP) is 5.20. The van der Waals surface area contributed by atoms with Crippen molar-refractivity contribution in [2.45, 2.75) is 12.8 Å². The van der Waals surface area contributed by atoms with Crippen LogP contribution in [0.1, 0.15) is 5.56 Å². The van der Waals surface area contributed by atoms with Crippen LogP contribution < -0.4 is 9.47 Å². The maximum absolute atomic E-state index is 12.7. The summed E-state index contributed by atoms with van der Waals surface area (Å²) in [5.41, 5.74) is 0.0391. The quantitative estimate of drug-likeness (QED) is 0.414. The van der Waals surface area contributed by atoms with Gasteiger partial charge in [-0.25, -0.2) is 4.40 Å². The van der Waals surface area contributed by atoms with Gasteiger partial charge in [0.2, 0.25) is 5.88 Å². The number of ether oxygens (including phenoxy) is 2. The number of alkyl halides is 5. The summed E-state index contributed by atoms with van der Waals surface area (Å²) in [6.45, 7) is -2.94. The number of halogens is 5. The van der Waals surface area contributed by atoms with E-state index < -0.39 is 18.4 Å². The van der Waals surface area contributed by atoms with Crippen LogP contribution in [-0.4, -0.2) is 26.2 Å². The molecule has 4 rings (SSSR count). The molecule has 0 fully saturated rings. The fourth-order valence-electron chi connectivity index (χ4n) is 2.70. The number of nitrogens with zero attached hydrogens (tertiary/aromatic N) is 4. The van der Waals surface area contributed by atoms with Gasteiger partial charge in [0, 0.05) is 5.56 Å². The van der Waals surface area contributed by atoms with E-state index in [-0.39, 0.29) is 17.4 Å². The summed E-state index contributed by atoms with van der Waals surface area (Å²) in [5, 5.41) is 8.05. The molecule has 0 saturated carbocycles. The predicted molar refractivity (Wildman–Crippen MR) is 94.4 cm³/mol. The largest absolute Gasteiger partial charge is 0.439 e. The Bertz CT molecular complexity index is 1160. The molecule has 2 aromatic carbocycles. The SMILES string of the molecule is FC(F)Oc1ccc(-c2nnc3cncc(Oc4ccc(C(F)(F)F)cc4)n23)cc1. The summed E-state index contributed by atoms with van der Waals surface area (Å²) in [5.74, 6) is 0.598. The third-order valence-electron chi connectivity index (χ3n) is 4.03. The van der Waals surface area contributed by atoms with Crippen molar-refractivity contribution in [2.24, 2.45) is 0 Å². The van der Waals surface area contributed by atoms with Crippen LogP contribution in [0.15, 0.2) is 60.9 Å². The molecular weight excluding hydrogens is 411 g/mol. The monoisotopic (exact) mass is 422 g/mol. The van der Waals surface area contributed by atoms with Crippen molar-refractivity contribution in [2.75, 3.05) is 0 Å². The Balaban J connectivity index is 1.68.